The van der Waals surface area contributed by atoms with Gasteiger partial charge in [-0.15, -0.1) is 0 Å². The molecular formula is C12H14BrN7O3S. The fraction of sp³-hybridized carbons (Fsp3) is 0.167. The van der Waals surface area contributed by atoms with E-state index < -0.39 is 17.3 Å². The predicted molar refractivity (Wildman–Crippen MR) is 93.9 cm³/mol. The molecule has 24 heavy (non-hydrogen) atoms. The molecule has 5 N–H and O–H groups in total. The molecule has 128 valence electrons. The molecule has 0 radical (unpaired) electrons. The Bertz CT molecular complexity index is 667. The number of hydrazone groups is 1. The van der Waals surface area contributed by atoms with E-state index in [1.165, 1.54) is 0 Å². The molecule has 0 saturated heterocycles. The number of rotatable bonds is 4. The van der Waals surface area contributed by atoms with E-state index in [0.29, 0.717) is 23.3 Å². The summed E-state index contributed by atoms with van der Waals surface area (Å²) in [6.45, 7) is 1.86. The van der Waals surface area contributed by atoms with Crippen LogP contribution in [0.4, 0.5) is 20.1 Å². The van der Waals surface area contributed by atoms with Gasteiger partial charge in [0.05, 0.1) is 12.3 Å². The Morgan fingerprint density at radius 1 is 1.33 bits per heavy atom. The zero-order chi connectivity index (χ0) is 17.5. The fourth-order valence-corrected chi connectivity index (χ4v) is 2.24. The number of hydrogen-bond acceptors (Lipinski definition) is 6. The first-order valence-corrected chi connectivity index (χ1v) is 8.20. The number of hydrogen-bond donors (Lipinski definition) is 5. The second-order valence-electron chi connectivity index (χ2n) is 4.54. The highest BCUT2D eigenvalue weighted by Gasteiger charge is 2.20. The lowest BCUT2D eigenvalue weighted by atomic mass is 10.3. The molecule has 2 rings (SSSR count). The maximum absolute atomic E-state index is 11.7. The number of nitrogens with one attached hydrogen (secondary N) is 5. The monoisotopic (exact) mass is 415 g/mol. The van der Waals surface area contributed by atoms with E-state index in [4.69, 9.17) is 0 Å². The van der Waals surface area contributed by atoms with E-state index in [2.05, 4.69) is 47.5 Å². The van der Waals surface area contributed by atoms with Crippen molar-refractivity contribution in [3.05, 3.63) is 28.7 Å². The summed E-state index contributed by atoms with van der Waals surface area (Å²) < 4.78 is 0.895. The van der Waals surface area contributed by atoms with Gasteiger partial charge in [-0.25, -0.2) is 25.4 Å². The van der Waals surface area contributed by atoms with Crippen molar-refractivity contribution in [3.8, 4) is 0 Å². The highest BCUT2D eigenvalue weighted by atomic mass is 79.9. The van der Waals surface area contributed by atoms with Gasteiger partial charge in [-0.2, -0.15) is 9.93 Å². The molecule has 0 spiro atoms. The van der Waals surface area contributed by atoms with E-state index in [0.717, 1.165) is 9.48 Å². The Balaban J connectivity index is 1.68. The fourth-order valence-electron chi connectivity index (χ4n) is 1.58. The zero-order valence-electron chi connectivity index (χ0n) is 12.4. The van der Waals surface area contributed by atoms with Gasteiger partial charge < -0.3 is 5.32 Å². The van der Waals surface area contributed by atoms with Gasteiger partial charge in [0.1, 0.15) is 0 Å². The molecule has 0 unspecified atom stereocenters. The maximum Gasteiger partial charge on any atom is 0.356 e. The number of nitrogens with zero attached hydrogens (tertiary/aromatic N) is 2. The molecule has 1 aliphatic heterocycles. The molecule has 1 aromatic rings. The van der Waals surface area contributed by atoms with Crippen LogP contribution in [0.1, 0.15) is 6.92 Å². The van der Waals surface area contributed by atoms with Crippen LogP contribution in [0.25, 0.3) is 0 Å². The Morgan fingerprint density at radius 2 is 2.04 bits per heavy atom. The average Bonchev–Trinajstić information content (AvgIpc) is 2.53. The first-order chi connectivity index (χ1) is 11.4. The Hall–Kier alpha value is -2.31. The van der Waals surface area contributed by atoms with Gasteiger partial charge in [0.15, 0.2) is 0 Å². The van der Waals surface area contributed by atoms with Gasteiger partial charge in [0.25, 0.3) is 5.24 Å². The lowest BCUT2D eigenvalue weighted by Crippen LogP contribution is -2.57. The lowest BCUT2D eigenvalue weighted by molar-refractivity contribution is 0.172. The first kappa shape index (κ1) is 18.0. The van der Waals surface area contributed by atoms with Crippen LogP contribution in [0.2, 0.25) is 0 Å². The molecule has 0 fully saturated rings. The van der Waals surface area contributed by atoms with Gasteiger partial charge in [-0.1, -0.05) is 15.9 Å². The average molecular weight is 416 g/mol. The van der Waals surface area contributed by atoms with E-state index in [1.54, 1.807) is 31.2 Å². The number of anilines is 1. The molecule has 5 amide bonds. The van der Waals surface area contributed by atoms with Gasteiger partial charge in [0.2, 0.25) is 0 Å². The lowest BCUT2D eigenvalue weighted by Gasteiger charge is -2.25. The van der Waals surface area contributed by atoms with Crippen LogP contribution in [0.15, 0.2) is 33.8 Å². The van der Waals surface area contributed by atoms with Gasteiger partial charge in [-0.3, -0.25) is 10.2 Å². The molecule has 0 atom stereocenters. The third-order valence-electron chi connectivity index (χ3n) is 2.61. The molecule has 1 heterocycles. The number of benzene rings is 1. The van der Waals surface area contributed by atoms with Gasteiger partial charge in [0, 0.05) is 22.1 Å². The van der Waals surface area contributed by atoms with Gasteiger partial charge in [-0.05, 0) is 31.2 Å². The topological polar surface area (TPSA) is 127 Å². The van der Waals surface area contributed by atoms with Crippen LogP contribution in [-0.4, -0.2) is 34.6 Å². The number of hydrazine groups is 2. The van der Waals surface area contributed by atoms with Crippen molar-refractivity contribution in [2.45, 2.75) is 6.92 Å². The van der Waals surface area contributed by atoms with Crippen molar-refractivity contribution in [2.24, 2.45) is 5.10 Å². The second kappa shape index (κ2) is 8.52. The van der Waals surface area contributed by atoms with Crippen molar-refractivity contribution >= 4 is 56.6 Å². The second-order valence-corrected chi connectivity index (χ2v) is 6.23. The van der Waals surface area contributed by atoms with Crippen molar-refractivity contribution in [1.82, 2.24) is 26.1 Å². The molecule has 1 aromatic carbocycles. The summed E-state index contributed by atoms with van der Waals surface area (Å²) in [7, 11) is 0. The molecule has 1 aliphatic rings. The minimum absolute atomic E-state index is 0.163. The molecule has 0 bridgehead atoms. The number of halogens is 1. The summed E-state index contributed by atoms with van der Waals surface area (Å²) in [4.78, 5) is 37.2. The first-order valence-electron chi connectivity index (χ1n) is 6.60. The Morgan fingerprint density at radius 3 is 2.75 bits per heavy atom. The van der Waals surface area contributed by atoms with Crippen molar-refractivity contribution in [1.29, 1.82) is 0 Å². The van der Waals surface area contributed by atoms with Gasteiger partial charge >= 0.3 is 12.1 Å². The molecular weight excluding hydrogens is 402 g/mol. The van der Waals surface area contributed by atoms with E-state index in [1.807, 2.05) is 0 Å². The summed E-state index contributed by atoms with van der Waals surface area (Å²) in [6.07, 6.45) is 0. The van der Waals surface area contributed by atoms with Crippen LogP contribution in [0, 0.1) is 0 Å². The summed E-state index contributed by atoms with van der Waals surface area (Å²) in [6, 6.07) is 5.76. The summed E-state index contributed by atoms with van der Waals surface area (Å²) in [5.74, 6) is 0. The Labute approximate surface area is 150 Å². The normalized spacial score (nSPS) is 13.7. The van der Waals surface area contributed by atoms with Crippen molar-refractivity contribution in [3.63, 3.8) is 0 Å². The van der Waals surface area contributed by atoms with Crippen LogP contribution >= 0.6 is 27.9 Å². The molecule has 0 aliphatic carbocycles. The van der Waals surface area contributed by atoms with Crippen LogP contribution < -0.4 is 26.4 Å². The summed E-state index contributed by atoms with van der Waals surface area (Å²) >= 11 is 3.93. The third-order valence-corrected chi connectivity index (χ3v) is 3.63. The molecule has 12 heteroatoms. The predicted octanol–water partition coefficient (Wildman–Crippen LogP) is 1.75. The molecule has 0 saturated carbocycles. The third kappa shape index (κ3) is 5.72. The summed E-state index contributed by atoms with van der Waals surface area (Å²) in [5.41, 5.74) is 8.01. The molecule has 10 nitrogen and oxygen atoms in total. The van der Waals surface area contributed by atoms with E-state index >= 15 is 0 Å². The minimum atomic E-state index is -0.705. The summed E-state index contributed by atoms with van der Waals surface area (Å²) in [5, 5.41) is 6.97. The number of carbonyl (C=O) groups excluding carboxylic acids is 3. The maximum atomic E-state index is 11.7. The highest BCUT2D eigenvalue weighted by Crippen LogP contribution is 2.15. The van der Waals surface area contributed by atoms with Crippen LogP contribution in [-0.2, 0) is 0 Å². The number of urea groups is 2. The Kier molecular flexibility index (Phi) is 6.40. The SMILES string of the molecule is CC1=NNC(=O)N(NC(=O)NNSC(=O)Nc2ccc(Br)cc2)C1. The quantitative estimate of drug-likeness (QED) is 0.378. The van der Waals surface area contributed by atoms with E-state index in [-0.39, 0.29) is 6.54 Å². The van der Waals surface area contributed by atoms with Crippen LogP contribution in [0.5, 0.6) is 0 Å². The van der Waals surface area contributed by atoms with Crippen molar-refractivity contribution in [2.75, 3.05) is 11.9 Å². The zero-order valence-corrected chi connectivity index (χ0v) is 14.8. The highest BCUT2D eigenvalue weighted by molar-refractivity contribution is 9.10. The van der Waals surface area contributed by atoms with Crippen molar-refractivity contribution < 1.29 is 14.4 Å². The van der Waals surface area contributed by atoms with E-state index in [9.17, 15) is 14.4 Å². The standard InChI is InChI=1S/C12H14BrN7O3S/c1-7-6-20(11(22)17-15-7)18-10(21)16-19-24-12(23)14-9-4-2-8(13)3-5-9/h2-5,19H,6H2,1H3,(H,14,23)(H,17,22)(H2,16,18,21). The minimum Gasteiger partial charge on any atom is -0.316 e. The largest absolute Gasteiger partial charge is 0.356 e. The number of amides is 5. The smallest absolute Gasteiger partial charge is 0.316 e. The van der Waals surface area contributed by atoms with Crippen LogP contribution in [0.3, 0.4) is 0 Å². The number of carbonyl (C=O) groups is 3. The molecule has 0 aromatic heterocycles.